The van der Waals surface area contributed by atoms with Crippen molar-refractivity contribution in [3.8, 4) is 0 Å². The van der Waals surface area contributed by atoms with Crippen LogP contribution in [0.3, 0.4) is 0 Å². The Hall–Kier alpha value is -0.770. The van der Waals surface area contributed by atoms with Crippen LogP contribution in [0.5, 0.6) is 0 Å². The highest BCUT2D eigenvalue weighted by molar-refractivity contribution is 6.16. The SMILES string of the molecule is CC1(C)CCC(Nc2nnc(CCl)o2)C1. The molecule has 0 radical (unpaired) electrons. The molecule has 1 fully saturated rings. The number of hydrogen-bond acceptors (Lipinski definition) is 4. The van der Waals surface area contributed by atoms with Gasteiger partial charge in [-0.2, -0.15) is 0 Å². The first-order valence-corrected chi connectivity index (χ1v) is 5.77. The van der Waals surface area contributed by atoms with Gasteiger partial charge in [0.25, 0.3) is 0 Å². The molecule has 5 heteroatoms. The number of aromatic nitrogens is 2. The lowest BCUT2D eigenvalue weighted by atomic mass is 9.92. The van der Waals surface area contributed by atoms with E-state index in [9.17, 15) is 0 Å². The molecule has 15 heavy (non-hydrogen) atoms. The van der Waals surface area contributed by atoms with Crippen molar-refractivity contribution in [2.45, 2.75) is 45.0 Å². The van der Waals surface area contributed by atoms with Crippen molar-refractivity contribution in [2.75, 3.05) is 5.32 Å². The molecule has 0 amide bonds. The number of anilines is 1. The minimum absolute atomic E-state index is 0.269. The molecule has 1 saturated carbocycles. The quantitative estimate of drug-likeness (QED) is 0.810. The van der Waals surface area contributed by atoms with Crippen LogP contribution in [0.15, 0.2) is 4.42 Å². The van der Waals surface area contributed by atoms with Crippen molar-refractivity contribution in [1.82, 2.24) is 10.2 Å². The average molecular weight is 230 g/mol. The fourth-order valence-corrected chi connectivity index (χ4v) is 2.21. The van der Waals surface area contributed by atoms with Crippen LogP contribution in [-0.4, -0.2) is 16.2 Å². The van der Waals surface area contributed by atoms with E-state index in [4.69, 9.17) is 16.0 Å². The summed E-state index contributed by atoms with van der Waals surface area (Å²) >= 11 is 5.58. The Bertz CT molecular complexity index is 337. The van der Waals surface area contributed by atoms with E-state index in [1.54, 1.807) is 0 Å². The molecule has 0 aromatic carbocycles. The first-order valence-electron chi connectivity index (χ1n) is 5.24. The van der Waals surface area contributed by atoms with Gasteiger partial charge in [-0.15, -0.1) is 16.7 Å². The molecule has 1 heterocycles. The second kappa shape index (κ2) is 4.00. The molecule has 4 nitrogen and oxygen atoms in total. The lowest BCUT2D eigenvalue weighted by Crippen LogP contribution is -2.17. The monoisotopic (exact) mass is 229 g/mol. The Morgan fingerprint density at radius 3 is 2.87 bits per heavy atom. The molecule has 1 atom stereocenters. The predicted molar refractivity (Wildman–Crippen MR) is 58.9 cm³/mol. The summed E-state index contributed by atoms with van der Waals surface area (Å²) in [6, 6.07) is 0.942. The molecule has 0 bridgehead atoms. The van der Waals surface area contributed by atoms with Gasteiger partial charge in [-0.3, -0.25) is 0 Å². The zero-order valence-corrected chi connectivity index (χ0v) is 9.84. The van der Waals surface area contributed by atoms with Crippen LogP contribution in [0.2, 0.25) is 0 Å². The van der Waals surface area contributed by atoms with Crippen LogP contribution in [-0.2, 0) is 5.88 Å². The van der Waals surface area contributed by atoms with Gasteiger partial charge in [0.1, 0.15) is 5.88 Å². The van der Waals surface area contributed by atoms with E-state index in [-0.39, 0.29) is 5.88 Å². The van der Waals surface area contributed by atoms with Crippen molar-refractivity contribution < 1.29 is 4.42 Å². The zero-order valence-electron chi connectivity index (χ0n) is 9.09. The molecule has 0 aliphatic heterocycles. The van der Waals surface area contributed by atoms with E-state index in [0.29, 0.717) is 23.4 Å². The van der Waals surface area contributed by atoms with Crippen molar-refractivity contribution in [2.24, 2.45) is 5.41 Å². The fourth-order valence-electron chi connectivity index (χ4n) is 2.10. The molecule has 1 unspecified atom stereocenters. The molecule has 84 valence electrons. The Balaban J connectivity index is 1.92. The molecule has 1 aliphatic rings. The maximum atomic E-state index is 5.58. The topological polar surface area (TPSA) is 51.0 Å². The van der Waals surface area contributed by atoms with Crippen LogP contribution in [0, 0.1) is 5.41 Å². The van der Waals surface area contributed by atoms with Crippen molar-refractivity contribution in [3.63, 3.8) is 0 Å². The molecular weight excluding hydrogens is 214 g/mol. The first kappa shape index (κ1) is 10.7. The molecular formula is C10H16ClN3O. The number of halogens is 1. The number of hydrogen-bond donors (Lipinski definition) is 1. The molecule has 1 N–H and O–H groups in total. The third kappa shape index (κ3) is 2.62. The summed E-state index contributed by atoms with van der Waals surface area (Å²) in [4.78, 5) is 0. The zero-order chi connectivity index (χ0) is 10.9. The second-order valence-corrected chi connectivity index (χ2v) is 5.15. The van der Waals surface area contributed by atoms with Crippen LogP contribution in [0.25, 0.3) is 0 Å². The Morgan fingerprint density at radius 2 is 2.33 bits per heavy atom. The van der Waals surface area contributed by atoms with Gasteiger partial charge in [0.05, 0.1) is 0 Å². The summed E-state index contributed by atoms with van der Waals surface area (Å²) in [6.45, 7) is 4.57. The van der Waals surface area contributed by atoms with Crippen molar-refractivity contribution >= 4 is 17.6 Å². The molecule has 0 spiro atoms. The normalized spacial score (nSPS) is 24.3. The van der Waals surface area contributed by atoms with Gasteiger partial charge in [-0.25, -0.2) is 0 Å². The van der Waals surface area contributed by atoms with Gasteiger partial charge in [0.15, 0.2) is 0 Å². The van der Waals surface area contributed by atoms with Crippen LogP contribution >= 0.6 is 11.6 Å². The van der Waals surface area contributed by atoms with E-state index in [1.807, 2.05) is 0 Å². The summed E-state index contributed by atoms with van der Waals surface area (Å²) < 4.78 is 5.30. The molecule has 0 saturated heterocycles. The number of nitrogens with one attached hydrogen (secondary N) is 1. The van der Waals surface area contributed by atoms with E-state index < -0.39 is 0 Å². The third-order valence-corrected chi connectivity index (χ3v) is 3.11. The minimum Gasteiger partial charge on any atom is -0.407 e. The van der Waals surface area contributed by atoms with Crippen molar-refractivity contribution in [3.05, 3.63) is 5.89 Å². The standard InChI is InChI=1S/C10H16ClN3O/c1-10(2)4-3-7(5-10)12-9-14-13-8(6-11)15-9/h7H,3-6H2,1-2H3,(H,12,14). The third-order valence-electron chi connectivity index (χ3n) is 2.88. The summed E-state index contributed by atoms with van der Waals surface area (Å²) in [6.07, 6.45) is 3.54. The molecule has 1 aromatic heterocycles. The van der Waals surface area contributed by atoms with E-state index in [2.05, 4.69) is 29.4 Å². The maximum absolute atomic E-state index is 5.58. The highest BCUT2D eigenvalue weighted by atomic mass is 35.5. The highest BCUT2D eigenvalue weighted by Crippen LogP contribution is 2.38. The van der Waals surface area contributed by atoms with E-state index >= 15 is 0 Å². The average Bonchev–Trinajstić information content (AvgIpc) is 2.73. The van der Waals surface area contributed by atoms with E-state index in [0.717, 1.165) is 12.8 Å². The van der Waals surface area contributed by atoms with Gasteiger partial charge in [-0.05, 0) is 24.7 Å². The number of nitrogens with zero attached hydrogens (tertiary/aromatic N) is 2. The summed E-state index contributed by atoms with van der Waals surface area (Å²) in [5, 5.41) is 10.9. The van der Waals surface area contributed by atoms with E-state index in [1.165, 1.54) is 6.42 Å². The van der Waals surface area contributed by atoms with Gasteiger partial charge < -0.3 is 9.73 Å². The van der Waals surface area contributed by atoms with Crippen LogP contribution in [0.1, 0.15) is 39.0 Å². The summed E-state index contributed by atoms with van der Waals surface area (Å²) in [5.74, 6) is 0.738. The fraction of sp³-hybridized carbons (Fsp3) is 0.800. The van der Waals surface area contributed by atoms with Gasteiger partial charge in [-0.1, -0.05) is 18.9 Å². The molecule has 2 rings (SSSR count). The van der Waals surface area contributed by atoms with Crippen molar-refractivity contribution in [1.29, 1.82) is 0 Å². The summed E-state index contributed by atoms with van der Waals surface area (Å²) in [7, 11) is 0. The smallest absolute Gasteiger partial charge is 0.315 e. The van der Waals surface area contributed by atoms with Gasteiger partial charge >= 0.3 is 6.01 Å². The predicted octanol–water partition coefficient (Wildman–Crippen LogP) is 2.80. The number of alkyl halides is 1. The largest absolute Gasteiger partial charge is 0.407 e. The summed E-state index contributed by atoms with van der Waals surface area (Å²) in [5.41, 5.74) is 0.424. The molecule has 1 aromatic rings. The van der Waals surface area contributed by atoms with Crippen LogP contribution < -0.4 is 5.32 Å². The second-order valence-electron chi connectivity index (χ2n) is 4.88. The number of rotatable bonds is 3. The van der Waals surface area contributed by atoms with Crippen LogP contribution in [0.4, 0.5) is 6.01 Å². The van der Waals surface area contributed by atoms with Gasteiger partial charge in [0.2, 0.25) is 5.89 Å². The Morgan fingerprint density at radius 1 is 1.53 bits per heavy atom. The highest BCUT2D eigenvalue weighted by Gasteiger charge is 2.31. The maximum Gasteiger partial charge on any atom is 0.315 e. The minimum atomic E-state index is 0.269. The van der Waals surface area contributed by atoms with Gasteiger partial charge in [0, 0.05) is 6.04 Å². The molecule has 1 aliphatic carbocycles. The Kier molecular flexibility index (Phi) is 2.87. The lowest BCUT2D eigenvalue weighted by molar-refractivity contribution is 0.377. The Labute approximate surface area is 94.4 Å². The first-order chi connectivity index (χ1) is 7.09. The lowest BCUT2D eigenvalue weighted by Gasteiger charge is -2.16.